The van der Waals surface area contributed by atoms with E-state index in [0.29, 0.717) is 16.4 Å². The number of anilines is 1. The van der Waals surface area contributed by atoms with Crippen molar-refractivity contribution in [2.45, 2.75) is 6.92 Å². The zero-order valence-corrected chi connectivity index (χ0v) is 10.3. The smallest absolute Gasteiger partial charge is 0.273 e. The van der Waals surface area contributed by atoms with E-state index < -0.39 is 0 Å². The molecule has 5 heteroatoms. The molecule has 1 heterocycles. The second-order valence-corrected chi connectivity index (χ2v) is 4.17. The zero-order chi connectivity index (χ0) is 12.4. The highest BCUT2D eigenvalue weighted by Gasteiger charge is 2.10. The lowest BCUT2D eigenvalue weighted by molar-refractivity contribution is 0.101. The van der Waals surface area contributed by atoms with Gasteiger partial charge in [0, 0.05) is 24.0 Å². The molecule has 0 fully saturated rings. The van der Waals surface area contributed by atoms with Gasteiger partial charge in [0.1, 0.15) is 5.69 Å². The maximum atomic E-state index is 11.9. The molecule has 4 nitrogen and oxygen atoms in total. The topological polar surface area (TPSA) is 46.9 Å². The summed E-state index contributed by atoms with van der Waals surface area (Å²) in [5, 5.41) is 7.34. The highest BCUT2D eigenvalue weighted by Crippen LogP contribution is 2.20. The predicted molar refractivity (Wildman–Crippen MR) is 67.4 cm³/mol. The lowest BCUT2D eigenvalue weighted by Gasteiger charge is -2.06. The molecule has 0 spiro atoms. The number of rotatable bonds is 2. The fraction of sp³-hybridized carbons (Fsp3) is 0.167. The van der Waals surface area contributed by atoms with Gasteiger partial charge in [0.15, 0.2) is 0 Å². The number of carbonyl (C=O) groups is 1. The van der Waals surface area contributed by atoms with E-state index in [0.717, 1.165) is 5.56 Å². The average molecular weight is 250 g/mol. The normalized spacial score (nSPS) is 10.3. The monoisotopic (exact) mass is 249 g/mol. The van der Waals surface area contributed by atoms with E-state index >= 15 is 0 Å². The second kappa shape index (κ2) is 4.59. The first-order chi connectivity index (χ1) is 8.08. The fourth-order valence-electron chi connectivity index (χ4n) is 1.46. The number of nitrogens with zero attached hydrogens (tertiary/aromatic N) is 2. The first-order valence-corrected chi connectivity index (χ1v) is 5.51. The van der Waals surface area contributed by atoms with Gasteiger partial charge >= 0.3 is 0 Å². The standard InChI is InChI=1S/C12H12ClN3O/c1-8-3-4-9(7-10(8)13)15-12(17)11-5-6-14-16(11)2/h3-7H,1-2H3,(H,15,17). The second-order valence-electron chi connectivity index (χ2n) is 3.76. The molecular weight excluding hydrogens is 238 g/mol. The Labute approximate surface area is 104 Å². The van der Waals surface area contributed by atoms with Crippen molar-refractivity contribution in [2.24, 2.45) is 7.05 Å². The molecule has 1 N–H and O–H groups in total. The van der Waals surface area contributed by atoms with Crippen LogP contribution in [0.2, 0.25) is 5.02 Å². The Morgan fingerprint density at radius 1 is 1.41 bits per heavy atom. The fourth-order valence-corrected chi connectivity index (χ4v) is 1.64. The Bertz CT molecular complexity index is 563. The van der Waals surface area contributed by atoms with Gasteiger partial charge in [0.2, 0.25) is 0 Å². The van der Waals surface area contributed by atoms with Crippen LogP contribution in [0.3, 0.4) is 0 Å². The van der Waals surface area contributed by atoms with Crippen LogP contribution in [0, 0.1) is 6.92 Å². The van der Waals surface area contributed by atoms with Crippen LogP contribution < -0.4 is 5.32 Å². The largest absolute Gasteiger partial charge is 0.321 e. The summed E-state index contributed by atoms with van der Waals surface area (Å²) in [7, 11) is 1.72. The van der Waals surface area contributed by atoms with Crippen molar-refractivity contribution in [1.29, 1.82) is 0 Å². The lowest BCUT2D eigenvalue weighted by Crippen LogP contribution is -2.16. The molecule has 0 atom stereocenters. The van der Waals surface area contributed by atoms with Gasteiger partial charge in [0.25, 0.3) is 5.91 Å². The summed E-state index contributed by atoms with van der Waals surface area (Å²) < 4.78 is 1.52. The van der Waals surface area contributed by atoms with Crippen LogP contribution in [0.15, 0.2) is 30.5 Å². The van der Waals surface area contributed by atoms with Crippen molar-refractivity contribution < 1.29 is 4.79 Å². The van der Waals surface area contributed by atoms with Crippen LogP contribution in [0.4, 0.5) is 5.69 Å². The van der Waals surface area contributed by atoms with Crippen molar-refractivity contribution >= 4 is 23.2 Å². The van der Waals surface area contributed by atoms with Gasteiger partial charge in [0.05, 0.1) is 0 Å². The van der Waals surface area contributed by atoms with Crippen LogP contribution >= 0.6 is 11.6 Å². The average Bonchev–Trinajstić information content (AvgIpc) is 2.70. The van der Waals surface area contributed by atoms with Crippen LogP contribution in [0.1, 0.15) is 16.1 Å². The summed E-state index contributed by atoms with van der Waals surface area (Å²) in [4.78, 5) is 11.9. The summed E-state index contributed by atoms with van der Waals surface area (Å²) in [6.45, 7) is 1.91. The van der Waals surface area contributed by atoms with Gasteiger partial charge in [-0.15, -0.1) is 0 Å². The Morgan fingerprint density at radius 3 is 2.76 bits per heavy atom. The molecule has 0 unspecified atom stereocenters. The SMILES string of the molecule is Cc1ccc(NC(=O)c2ccnn2C)cc1Cl. The van der Waals surface area contributed by atoms with E-state index in [9.17, 15) is 4.79 Å². The highest BCUT2D eigenvalue weighted by molar-refractivity contribution is 6.31. The van der Waals surface area contributed by atoms with Crippen molar-refractivity contribution in [3.05, 3.63) is 46.7 Å². The van der Waals surface area contributed by atoms with Gasteiger partial charge in [-0.2, -0.15) is 5.10 Å². The third-order valence-electron chi connectivity index (χ3n) is 2.48. The number of nitrogens with one attached hydrogen (secondary N) is 1. The van der Waals surface area contributed by atoms with E-state index in [-0.39, 0.29) is 5.91 Å². The minimum Gasteiger partial charge on any atom is -0.321 e. The Hall–Kier alpha value is -1.81. The Morgan fingerprint density at radius 2 is 2.18 bits per heavy atom. The zero-order valence-electron chi connectivity index (χ0n) is 9.57. The summed E-state index contributed by atoms with van der Waals surface area (Å²) in [5.74, 6) is -0.204. The van der Waals surface area contributed by atoms with Crippen LogP contribution in [0.25, 0.3) is 0 Å². The molecule has 88 valence electrons. The highest BCUT2D eigenvalue weighted by atomic mass is 35.5. The number of benzene rings is 1. The quantitative estimate of drug-likeness (QED) is 0.889. The predicted octanol–water partition coefficient (Wildman–Crippen LogP) is 2.63. The minimum atomic E-state index is -0.204. The first kappa shape index (κ1) is 11.7. The van der Waals surface area contributed by atoms with Crippen LogP contribution in [-0.4, -0.2) is 15.7 Å². The van der Waals surface area contributed by atoms with Gasteiger partial charge in [-0.05, 0) is 30.7 Å². The number of hydrogen-bond donors (Lipinski definition) is 1. The third kappa shape index (κ3) is 2.47. The summed E-state index contributed by atoms with van der Waals surface area (Å²) in [6.07, 6.45) is 1.58. The van der Waals surface area contributed by atoms with Crippen molar-refractivity contribution in [1.82, 2.24) is 9.78 Å². The molecule has 0 saturated heterocycles. The van der Waals surface area contributed by atoms with Crippen molar-refractivity contribution in [2.75, 3.05) is 5.32 Å². The van der Waals surface area contributed by atoms with E-state index in [1.807, 2.05) is 19.1 Å². The molecule has 2 rings (SSSR count). The molecule has 0 bridgehead atoms. The third-order valence-corrected chi connectivity index (χ3v) is 2.89. The Kier molecular flexibility index (Phi) is 3.15. The van der Waals surface area contributed by atoms with E-state index in [2.05, 4.69) is 10.4 Å². The first-order valence-electron chi connectivity index (χ1n) is 5.13. The maximum Gasteiger partial charge on any atom is 0.273 e. The molecule has 0 saturated carbocycles. The molecular formula is C12H12ClN3O. The number of amides is 1. The van der Waals surface area contributed by atoms with Crippen molar-refractivity contribution in [3.8, 4) is 0 Å². The molecule has 1 aromatic carbocycles. The molecule has 0 aliphatic carbocycles. The van der Waals surface area contributed by atoms with E-state index in [4.69, 9.17) is 11.6 Å². The van der Waals surface area contributed by atoms with Gasteiger partial charge in [-0.25, -0.2) is 0 Å². The Balaban J connectivity index is 2.19. The molecule has 0 aliphatic rings. The molecule has 2 aromatic rings. The van der Waals surface area contributed by atoms with E-state index in [1.54, 1.807) is 25.4 Å². The summed E-state index contributed by atoms with van der Waals surface area (Å²) in [6, 6.07) is 7.06. The van der Waals surface area contributed by atoms with Crippen LogP contribution in [0.5, 0.6) is 0 Å². The van der Waals surface area contributed by atoms with Gasteiger partial charge in [-0.1, -0.05) is 17.7 Å². The maximum absolute atomic E-state index is 11.9. The number of aryl methyl sites for hydroxylation is 2. The summed E-state index contributed by atoms with van der Waals surface area (Å²) >= 11 is 5.98. The van der Waals surface area contributed by atoms with Gasteiger partial charge in [-0.3, -0.25) is 9.48 Å². The molecule has 1 aromatic heterocycles. The number of aromatic nitrogens is 2. The number of halogens is 1. The minimum absolute atomic E-state index is 0.204. The van der Waals surface area contributed by atoms with Crippen LogP contribution in [-0.2, 0) is 7.05 Å². The molecule has 17 heavy (non-hydrogen) atoms. The number of carbonyl (C=O) groups excluding carboxylic acids is 1. The molecule has 1 amide bonds. The lowest BCUT2D eigenvalue weighted by atomic mass is 10.2. The molecule has 0 radical (unpaired) electrons. The summed E-state index contributed by atoms with van der Waals surface area (Å²) in [5.41, 5.74) is 2.15. The van der Waals surface area contributed by atoms with Gasteiger partial charge < -0.3 is 5.32 Å². The van der Waals surface area contributed by atoms with Crippen molar-refractivity contribution in [3.63, 3.8) is 0 Å². The molecule has 0 aliphatic heterocycles. The number of hydrogen-bond acceptors (Lipinski definition) is 2. The van der Waals surface area contributed by atoms with E-state index in [1.165, 1.54) is 4.68 Å².